The molecule has 16 nitrogen and oxygen atoms in total. The molecule has 0 radical (unpaired) electrons. The molecule has 74 heavy (non-hydrogen) atoms. The van der Waals surface area contributed by atoms with Gasteiger partial charge in [0, 0.05) is 6.92 Å². The first-order valence-electron chi connectivity index (χ1n) is 24.3. The normalized spacial score (nSPS) is 24.5. The van der Waals surface area contributed by atoms with Crippen LogP contribution in [0.15, 0.2) is 164 Å². The maximum absolute atomic E-state index is 14.6. The Morgan fingerprint density at radius 2 is 1.09 bits per heavy atom. The third kappa shape index (κ3) is 12.0. The van der Waals surface area contributed by atoms with Crippen molar-refractivity contribution in [2.75, 3.05) is 20.3 Å². The Labute approximate surface area is 428 Å². The number of hydrogen-bond donors (Lipinski definition) is 1. The highest BCUT2D eigenvalue weighted by atomic mass is 16.8. The molecule has 0 aliphatic carbocycles. The smallest absolute Gasteiger partial charge is 0.338 e. The number of methoxy groups -OCH3 is 1. The molecule has 2 fully saturated rings. The molecular weight excluding hydrogens is 951 g/mol. The number of benzene rings is 6. The van der Waals surface area contributed by atoms with Crippen LogP contribution in [-0.2, 0) is 62.5 Å². The molecule has 2 amide bonds. The molecule has 6 aromatic rings. The highest BCUT2D eigenvalue weighted by Gasteiger charge is 2.59. The fourth-order valence-electron chi connectivity index (χ4n) is 9.24. The van der Waals surface area contributed by atoms with Gasteiger partial charge in [0.2, 0.25) is 6.29 Å². The molecule has 0 saturated carbocycles. The summed E-state index contributed by atoms with van der Waals surface area (Å²) in [5, 5.41) is 11.4. The first kappa shape index (κ1) is 51.6. The average molecular weight is 1010 g/mol. The van der Waals surface area contributed by atoms with Gasteiger partial charge < -0.3 is 52.5 Å². The molecule has 3 aliphatic heterocycles. The number of aryl methyl sites for hydroxylation is 1. The minimum atomic E-state index is -1.66. The summed E-state index contributed by atoms with van der Waals surface area (Å²) in [6, 6.07) is 46.3. The number of amides is 2. The van der Waals surface area contributed by atoms with E-state index >= 15 is 0 Å². The lowest BCUT2D eigenvalue weighted by atomic mass is 9.93. The van der Waals surface area contributed by atoms with Crippen LogP contribution >= 0.6 is 0 Å². The number of aliphatic hydroxyl groups is 1. The van der Waals surface area contributed by atoms with Crippen LogP contribution in [0.4, 0.5) is 0 Å². The molecule has 3 heterocycles. The highest BCUT2D eigenvalue weighted by Crippen LogP contribution is 2.39. The number of ether oxygens (including phenoxy) is 10. The van der Waals surface area contributed by atoms with Crippen molar-refractivity contribution < 1.29 is 71.7 Å². The summed E-state index contributed by atoms with van der Waals surface area (Å²) >= 11 is 0. The number of imide groups is 1. The Bertz CT molecular complexity index is 2780. The van der Waals surface area contributed by atoms with E-state index in [1.54, 1.807) is 72.8 Å². The van der Waals surface area contributed by atoms with Gasteiger partial charge in [-0.25, -0.2) is 4.79 Å². The summed E-state index contributed by atoms with van der Waals surface area (Å²) in [7, 11) is 1.52. The molecule has 3 aliphatic rings. The van der Waals surface area contributed by atoms with Crippen molar-refractivity contribution in [3.05, 3.63) is 203 Å². The van der Waals surface area contributed by atoms with E-state index in [2.05, 4.69) is 0 Å². The molecule has 384 valence electrons. The molecule has 16 heteroatoms. The summed E-state index contributed by atoms with van der Waals surface area (Å²) in [4.78, 5) is 58.0. The van der Waals surface area contributed by atoms with Crippen LogP contribution in [0.3, 0.4) is 0 Å². The Kier molecular flexibility index (Phi) is 16.9. The van der Waals surface area contributed by atoms with Gasteiger partial charge in [-0.2, -0.15) is 0 Å². The van der Waals surface area contributed by atoms with Gasteiger partial charge in [-0.1, -0.05) is 121 Å². The highest BCUT2D eigenvalue weighted by molar-refractivity contribution is 6.21. The lowest BCUT2D eigenvalue weighted by Crippen LogP contribution is -2.70. The minimum absolute atomic E-state index is 0.0297. The summed E-state index contributed by atoms with van der Waals surface area (Å²) in [5.74, 6) is -2.03. The average Bonchev–Trinajstić information content (AvgIpc) is 3.68. The second-order valence-corrected chi connectivity index (χ2v) is 18.0. The standard InChI is InChI=1S/C58H57NO15/c1-36-23-25-41(26-24-36)56(64)73-53-52(69-37(2)61)49(67-33-39-17-9-5-10-18-39)47(35-66-32-38-15-7-4-8-16-38)72-58(53)74-50-46(31-60)71-57(70-43-29-27-42(65-3)28-30-43)48(51(50)68-34-40-19-11-6-12-20-40)59-54(62)44-21-13-14-22-45(44)55(59)63/h4-30,46-53,57-58,60H,31-35H2,1-3H3/t46-,47-,48-,49+,50-,51-,52+,53-,57-,58+/m1/s1. The SMILES string of the molecule is COc1ccc(O[C@@H]2O[C@H](CO)[C@@H](O[C@@H]3O[C@H](COCc4ccccc4)[C@H](OCc4ccccc4)[C@H](OC(C)=O)[C@H]3OC(=O)c3ccc(C)cc3)[C@H](OCc3ccccc3)[C@H]2N2C(=O)c3ccccc3C2=O)cc1. The van der Waals surface area contributed by atoms with Crippen LogP contribution in [-0.4, -0.2) is 115 Å². The third-order valence-electron chi connectivity index (χ3n) is 12.9. The number of esters is 2. The van der Waals surface area contributed by atoms with E-state index in [9.17, 15) is 24.3 Å². The second-order valence-electron chi connectivity index (χ2n) is 18.0. The Morgan fingerprint density at radius 3 is 1.65 bits per heavy atom. The van der Waals surface area contributed by atoms with Gasteiger partial charge in [0.1, 0.15) is 48.1 Å². The zero-order valence-electron chi connectivity index (χ0n) is 41.0. The van der Waals surface area contributed by atoms with E-state index < -0.39 is 91.7 Å². The van der Waals surface area contributed by atoms with E-state index in [-0.39, 0.29) is 48.9 Å². The third-order valence-corrected chi connectivity index (χ3v) is 12.9. The zero-order chi connectivity index (χ0) is 51.6. The Morgan fingerprint density at radius 1 is 0.568 bits per heavy atom. The van der Waals surface area contributed by atoms with Crippen LogP contribution in [0.1, 0.15) is 60.3 Å². The molecule has 2 saturated heterocycles. The lowest BCUT2D eigenvalue weighted by Gasteiger charge is -2.50. The predicted octanol–water partition coefficient (Wildman–Crippen LogP) is 7.42. The van der Waals surface area contributed by atoms with E-state index in [0.29, 0.717) is 5.75 Å². The summed E-state index contributed by atoms with van der Waals surface area (Å²) in [6.07, 6.45) is -12.5. The van der Waals surface area contributed by atoms with Crippen molar-refractivity contribution >= 4 is 23.8 Å². The number of aliphatic hydroxyl groups excluding tert-OH is 1. The van der Waals surface area contributed by atoms with E-state index in [4.69, 9.17) is 47.4 Å². The molecule has 0 unspecified atom stereocenters. The maximum atomic E-state index is 14.6. The van der Waals surface area contributed by atoms with Gasteiger partial charge in [-0.3, -0.25) is 19.3 Å². The number of carbonyl (C=O) groups is 4. The number of hydrogen-bond acceptors (Lipinski definition) is 15. The van der Waals surface area contributed by atoms with Crippen molar-refractivity contribution in [1.29, 1.82) is 0 Å². The largest absolute Gasteiger partial charge is 0.497 e. The van der Waals surface area contributed by atoms with Crippen LogP contribution in [0.25, 0.3) is 0 Å². The van der Waals surface area contributed by atoms with Crippen molar-refractivity contribution in [3.8, 4) is 11.5 Å². The number of nitrogens with zero attached hydrogens (tertiary/aromatic N) is 1. The zero-order valence-corrected chi connectivity index (χ0v) is 41.0. The molecule has 1 N–H and O–H groups in total. The van der Waals surface area contributed by atoms with Crippen LogP contribution in [0.5, 0.6) is 11.5 Å². The molecule has 10 atom stereocenters. The maximum Gasteiger partial charge on any atom is 0.338 e. The fraction of sp³-hybridized carbons (Fsp3) is 0.310. The Hall–Kier alpha value is -7.28. The van der Waals surface area contributed by atoms with E-state index in [0.717, 1.165) is 27.2 Å². The van der Waals surface area contributed by atoms with E-state index in [1.807, 2.05) is 97.9 Å². The van der Waals surface area contributed by atoms with Crippen LogP contribution < -0.4 is 9.47 Å². The minimum Gasteiger partial charge on any atom is -0.497 e. The first-order chi connectivity index (χ1) is 36.1. The molecule has 6 aromatic carbocycles. The van der Waals surface area contributed by atoms with Gasteiger partial charge in [0.05, 0.1) is 56.8 Å². The second kappa shape index (κ2) is 24.2. The number of fused-ring (bicyclic) bond motifs is 1. The molecular formula is C58H57NO15. The van der Waals surface area contributed by atoms with Gasteiger partial charge in [0.15, 0.2) is 18.5 Å². The summed E-state index contributed by atoms with van der Waals surface area (Å²) in [5.41, 5.74) is 3.74. The quantitative estimate of drug-likeness (QED) is 0.0588. The Balaban J connectivity index is 1.15. The van der Waals surface area contributed by atoms with Crippen molar-refractivity contribution in [2.45, 2.75) is 95.0 Å². The molecule has 0 spiro atoms. The predicted molar refractivity (Wildman–Crippen MR) is 266 cm³/mol. The monoisotopic (exact) mass is 1010 g/mol. The molecule has 0 bridgehead atoms. The number of carbonyl (C=O) groups excluding carboxylic acids is 4. The lowest BCUT2D eigenvalue weighted by molar-refractivity contribution is -0.353. The first-order valence-corrected chi connectivity index (χ1v) is 24.3. The van der Waals surface area contributed by atoms with Crippen molar-refractivity contribution in [1.82, 2.24) is 4.90 Å². The van der Waals surface area contributed by atoms with E-state index in [1.165, 1.54) is 14.0 Å². The molecule has 0 aromatic heterocycles. The van der Waals surface area contributed by atoms with Gasteiger partial charge >= 0.3 is 11.9 Å². The van der Waals surface area contributed by atoms with Gasteiger partial charge in [-0.15, -0.1) is 0 Å². The summed E-state index contributed by atoms with van der Waals surface area (Å²) < 4.78 is 64.8. The van der Waals surface area contributed by atoms with Gasteiger partial charge in [-0.05, 0) is 72.1 Å². The summed E-state index contributed by atoms with van der Waals surface area (Å²) in [6.45, 7) is 2.35. The van der Waals surface area contributed by atoms with Crippen LogP contribution in [0.2, 0.25) is 0 Å². The molecule has 9 rings (SSSR count). The van der Waals surface area contributed by atoms with Crippen molar-refractivity contribution in [3.63, 3.8) is 0 Å². The number of rotatable bonds is 20. The fourth-order valence-corrected chi connectivity index (χ4v) is 9.24. The van der Waals surface area contributed by atoms with Gasteiger partial charge in [0.25, 0.3) is 11.8 Å². The topological polar surface area (TPSA) is 184 Å². The van der Waals surface area contributed by atoms with Crippen LogP contribution in [0, 0.1) is 6.92 Å². The van der Waals surface area contributed by atoms with Crippen molar-refractivity contribution in [2.24, 2.45) is 0 Å².